The topological polar surface area (TPSA) is 53.2 Å². The molecule has 0 heterocycles. The first-order chi connectivity index (χ1) is 8.27. The number of rotatable bonds is 7. The van der Waals surface area contributed by atoms with E-state index in [2.05, 4.69) is 6.07 Å². The number of unbranched alkanes of at least 4 members (excludes halogenated alkanes) is 2. The molecule has 0 saturated heterocycles. The number of aliphatic hydroxyl groups is 1. The van der Waals surface area contributed by atoms with E-state index in [1.165, 1.54) is 0 Å². The van der Waals surface area contributed by atoms with Crippen molar-refractivity contribution in [1.29, 1.82) is 5.26 Å². The molecular formula is C14H19NO2. The zero-order chi connectivity index (χ0) is 12.5. The summed E-state index contributed by atoms with van der Waals surface area (Å²) >= 11 is 0. The lowest BCUT2D eigenvalue weighted by Gasteiger charge is -2.09. The molecule has 0 aliphatic carbocycles. The molecule has 1 N–H and O–H groups in total. The van der Waals surface area contributed by atoms with E-state index in [0.717, 1.165) is 24.2 Å². The third-order valence-corrected chi connectivity index (χ3v) is 2.60. The summed E-state index contributed by atoms with van der Waals surface area (Å²) in [7, 11) is 0. The molecule has 3 nitrogen and oxygen atoms in total. The molecule has 1 atom stereocenters. The Balaban J connectivity index is 2.33. The van der Waals surface area contributed by atoms with Crippen molar-refractivity contribution < 1.29 is 9.84 Å². The largest absolute Gasteiger partial charge is 0.494 e. The van der Waals surface area contributed by atoms with Crippen LogP contribution in [0.1, 0.15) is 44.3 Å². The van der Waals surface area contributed by atoms with Crippen LogP contribution in [0.15, 0.2) is 24.3 Å². The summed E-state index contributed by atoms with van der Waals surface area (Å²) in [5, 5.41) is 18.0. The third kappa shape index (κ3) is 4.88. The Labute approximate surface area is 103 Å². The molecular weight excluding hydrogens is 214 g/mol. The fourth-order valence-corrected chi connectivity index (χ4v) is 1.52. The summed E-state index contributed by atoms with van der Waals surface area (Å²) < 4.78 is 5.53. The summed E-state index contributed by atoms with van der Waals surface area (Å²) in [5.74, 6) is 0.814. The molecule has 0 bridgehead atoms. The number of benzene rings is 1. The normalized spacial score (nSPS) is 11.8. The average Bonchev–Trinajstić information content (AvgIpc) is 2.38. The summed E-state index contributed by atoms with van der Waals surface area (Å²) in [5.41, 5.74) is 0.921. The zero-order valence-corrected chi connectivity index (χ0v) is 10.2. The number of nitriles is 1. The van der Waals surface area contributed by atoms with E-state index in [9.17, 15) is 5.11 Å². The predicted molar refractivity (Wildman–Crippen MR) is 66.7 cm³/mol. The van der Waals surface area contributed by atoms with Crippen LogP contribution in [0, 0.1) is 11.3 Å². The Morgan fingerprint density at radius 3 is 2.59 bits per heavy atom. The maximum atomic E-state index is 9.62. The van der Waals surface area contributed by atoms with Crippen molar-refractivity contribution in [3.8, 4) is 11.8 Å². The second-order valence-electron chi connectivity index (χ2n) is 3.96. The van der Waals surface area contributed by atoms with Crippen LogP contribution in [0.3, 0.4) is 0 Å². The minimum Gasteiger partial charge on any atom is -0.494 e. The monoisotopic (exact) mass is 233 g/mol. The van der Waals surface area contributed by atoms with E-state index in [0.29, 0.717) is 19.4 Å². The Morgan fingerprint density at radius 2 is 2.00 bits per heavy atom. The number of aliphatic hydroxyl groups excluding tert-OH is 1. The highest BCUT2D eigenvalue weighted by Gasteiger charge is 2.04. The highest BCUT2D eigenvalue weighted by atomic mass is 16.5. The Bertz CT molecular complexity index is 353. The number of hydrogen-bond donors (Lipinski definition) is 1. The molecule has 92 valence electrons. The second-order valence-corrected chi connectivity index (χ2v) is 3.96. The van der Waals surface area contributed by atoms with Gasteiger partial charge < -0.3 is 9.84 Å². The van der Waals surface area contributed by atoms with Crippen molar-refractivity contribution in [1.82, 2.24) is 0 Å². The first-order valence-corrected chi connectivity index (χ1v) is 6.05. The van der Waals surface area contributed by atoms with Crippen LogP contribution in [0.2, 0.25) is 0 Å². The van der Waals surface area contributed by atoms with Gasteiger partial charge in [0, 0.05) is 6.42 Å². The summed E-state index contributed by atoms with van der Waals surface area (Å²) in [6.45, 7) is 2.58. The lowest BCUT2D eigenvalue weighted by molar-refractivity contribution is 0.173. The molecule has 0 saturated carbocycles. The molecule has 0 aliphatic rings. The van der Waals surface area contributed by atoms with E-state index in [4.69, 9.17) is 10.00 Å². The number of ether oxygens (including phenoxy) is 1. The van der Waals surface area contributed by atoms with Gasteiger partial charge in [-0.15, -0.1) is 0 Å². The zero-order valence-electron chi connectivity index (χ0n) is 10.2. The van der Waals surface area contributed by atoms with Gasteiger partial charge in [0.1, 0.15) is 5.75 Å². The van der Waals surface area contributed by atoms with Crippen LogP contribution < -0.4 is 4.74 Å². The maximum Gasteiger partial charge on any atom is 0.119 e. The molecule has 0 unspecified atom stereocenters. The Morgan fingerprint density at radius 1 is 1.29 bits per heavy atom. The average molecular weight is 233 g/mol. The van der Waals surface area contributed by atoms with Gasteiger partial charge in [-0.1, -0.05) is 19.1 Å². The van der Waals surface area contributed by atoms with E-state index in [1.54, 1.807) is 0 Å². The van der Waals surface area contributed by atoms with Gasteiger partial charge in [-0.25, -0.2) is 0 Å². The van der Waals surface area contributed by atoms with Gasteiger partial charge in [-0.05, 0) is 37.0 Å². The van der Waals surface area contributed by atoms with Gasteiger partial charge in [0.2, 0.25) is 0 Å². The molecule has 0 spiro atoms. The minimum absolute atomic E-state index is 0.389. The van der Waals surface area contributed by atoms with Crippen LogP contribution in [0.4, 0.5) is 0 Å². The highest BCUT2D eigenvalue weighted by Crippen LogP contribution is 2.19. The molecule has 0 fully saturated rings. The van der Waals surface area contributed by atoms with Crippen molar-refractivity contribution in [3.63, 3.8) is 0 Å². The molecule has 1 aromatic carbocycles. The molecule has 17 heavy (non-hydrogen) atoms. The molecule has 1 rings (SSSR count). The van der Waals surface area contributed by atoms with Crippen molar-refractivity contribution in [2.75, 3.05) is 6.61 Å². The molecule has 0 radical (unpaired) electrons. The first kappa shape index (κ1) is 13.5. The predicted octanol–water partition coefficient (Wildman–Crippen LogP) is 3.20. The van der Waals surface area contributed by atoms with Gasteiger partial charge >= 0.3 is 0 Å². The van der Waals surface area contributed by atoms with Crippen LogP contribution in [0.5, 0.6) is 5.75 Å². The van der Waals surface area contributed by atoms with E-state index in [-0.39, 0.29) is 6.10 Å². The first-order valence-electron chi connectivity index (χ1n) is 6.05. The van der Waals surface area contributed by atoms with Crippen LogP contribution in [-0.2, 0) is 0 Å². The van der Waals surface area contributed by atoms with Crippen molar-refractivity contribution in [3.05, 3.63) is 29.8 Å². The fourth-order valence-electron chi connectivity index (χ4n) is 1.52. The van der Waals surface area contributed by atoms with Crippen LogP contribution >= 0.6 is 0 Å². The molecule has 3 heteroatoms. The number of hydrogen-bond acceptors (Lipinski definition) is 3. The highest BCUT2D eigenvalue weighted by molar-refractivity contribution is 5.28. The maximum absolute atomic E-state index is 9.62. The lowest BCUT2D eigenvalue weighted by Crippen LogP contribution is -1.98. The molecule has 1 aromatic rings. The molecule has 0 aromatic heterocycles. The SMILES string of the molecule is CC[C@H](O)c1ccc(OCCCCC#N)cc1. The second kappa shape index (κ2) is 7.70. The smallest absolute Gasteiger partial charge is 0.119 e. The van der Waals surface area contributed by atoms with Gasteiger partial charge in [0.15, 0.2) is 0 Å². The van der Waals surface area contributed by atoms with E-state index < -0.39 is 0 Å². The lowest BCUT2D eigenvalue weighted by atomic mass is 10.1. The van der Waals surface area contributed by atoms with Gasteiger partial charge in [-0.2, -0.15) is 5.26 Å². The van der Waals surface area contributed by atoms with Crippen molar-refractivity contribution >= 4 is 0 Å². The minimum atomic E-state index is -0.389. The fraction of sp³-hybridized carbons (Fsp3) is 0.500. The summed E-state index contributed by atoms with van der Waals surface area (Å²) in [6.07, 6.45) is 2.69. The Kier molecular flexibility index (Phi) is 6.13. The Hall–Kier alpha value is -1.53. The number of nitrogens with zero attached hydrogens (tertiary/aromatic N) is 1. The van der Waals surface area contributed by atoms with Gasteiger partial charge in [0.25, 0.3) is 0 Å². The standard InChI is InChI=1S/C14H19NO2/c1-2-14(16)12-6-8-13(9-7-12)17-11-5-3-4-10-15/h6-9,14,16H,2-5,11H2,1H3/t14-/m0/s1. The third-order valence-electron chi connectivity index (χ3n) is 2.60. The summed E-state index contributed by atoms with van der Waals surface area (Å²) in [4.78, 5) is 0. The van der Waals surface area contributed by atoms with Crippen LogP contribution in [0.25, 0.3) is 0 Å². The summed E-state index contributed by atoms with van der Waals surface area (Å²) in [6, 6.07) is 9.63. The van der Waals surface area contributed by atoms with Crippen LogP contribution in [-0.4, -0.2) is 11.7 Å². The van der Waals surface area contributed by atoms with Gasteiger partial charge in [-0.3, -0.25) is 0 Å². The van der Waals surface area contributed by atoms with Crippen molar-refractivity contribution in [2.24, 2.45) is 0 Å². The van der Waals surface area contributed by atoms with Gasteiger partial charge in [0.05, 0.1) is 18.8 Å². The van der Waals surface area contributed by atoms with Crippen molar-refractivity contribution in [2.45, 2.75) is 38.7 Å². The quantitative estimate of drug-likeness (QED) is 0.736. The van der Waals surface area contributed by atoms with E-state index >= 15 is 0 Å². The molecule has 0 amide bonds. The van der Waals surface area contributed by atoms with E-state index in [1.807, 2.05) is 31.2 Å². The molecule has 0 aliphatic heterocycles.